The molecule has 2 heterocycles. The molecule has 0 N–H and O–H groups in total. The van der Waals surface area contributed by atoms with Crippen molar-refractivity contribution < 1.29 is 0 Å². The van der Waals surface area contributed by atoms with Crippen LogP contribution in [0.2, 0.25) is 5.02 Å². The highest BCUT2D eigenvalue weighted by Crippen LogP contribution is 2.45. The SMILES string of the molecule is Cl.Clc1ccc2nc(-c3ccccc3)c(-c3nc4ccccc4s3)c(-c3ccccc3)c2c1. The first-order valence-corrected chi connectivity index (χ1v) is 11.6. The van der Waals surface area contributed by atoms with Gasteiger partial charge in [0.05, 0.1) is 21.4 Å². The minimum absolute atomic E-state index is 0. The van der Waals surface area contributed by atoms with Crippen LogP contribution in [0.25, 0.3) is 54.1 Å². The molecule has 0 aliphatic rings. The van der Waals surface area contributed by atoms with Crippen molar-refractivity contribution in [3.8, 4) is 33.0 Å². The standard InChI is InChI=1S/C28H17ClN2S.ClH/c29-20-15-16-22-21(17-20)25(18-9-3-1-4-10-18)26(27(30-22)19-11-5-2-6-12-19)28-31-23-13-7-8-14-24(23)32-28;/h1-17H;1H. The predicted octanol–water partition coefficient (Wildman–Crippen LogP) is 8.92. The van der Waals surface area contributed by atoms with Gasteiger partial charge in [-0.3, -0.25) is 0 Å². The summed E-state index contributed by atoms with van der Waals surface area (Å²) in [6.45, 7) is 0. The summed E-state index contributed by atoms with van der Waals surface area (Å²) in [5.74, 6) is 0. The van der Waals surface area contributed by atoms with Gasteiger partial charge in [-0.1, -0.05) is 84.4 Å². The molecule has 0 bridgehead atoms. The molecule has 160 valence electrons. The quantitative estimate of drug-likeness (QED) is 0.250. The highest BCUT2D eigenvalue weighted by atomic mass is 35.5. The first kappa shape index (κ1) is 21.6. The number of fused-ring (bicyclic) bond motifs is 2. The van der Waals surface area contributed by atoms with Crippen LogP contribution < -0.4 is 0 Å². The summed E-state index contributed by atoms with van der Waals surface area (Å²) >= 11 is 8.15. The lowest BCUT2D eigenvalue weighted by Gasteiger charge is -2.17. The lowest BCUT2D eigenvalue weighted by atomic mass is 9.92. The Morgan fingerprint density at radius 2 is 1.27 bits per heavy atom. The van der Waals surface area contributed by atoms with Crippen LogP contribution >= 0.6 is 35.3 Å². The largest absolute Gasteiger partial charge is 0.247 e. The molecule has 0 aliphatic carbocycles. The van der Waals surface area contributed by atoms with E-state index < -0.39 is 0 Å². The third-order valence-corrected chi connectivity index (χ3v) is 6.85. The van der Waals surface area contributed by atoms with Crippen molar-refractivity contribution in [1.29, 1.82) is 0 Å². The molecule has 2 nitrogen and oxygen atoms in total. The molecule has 0 saturated heterocycles. The van der Waals surface area contributed by atoms with Gasteiger partial charge in [0.1, 0.15) is 5.01 Å². The molecule has 6 rings (SSSR count). The zero-order valence-corrected chi connectivity index (χ0v) is 19.8. The molecule has 0 fully saturated rings. The zero-order chi connectivity index (χ0) is 21.5. The van der Waals surface area contributed by atoms with E-state index in [4.69, 9.17) is 21.6 Å². The molecule has 0 aliphatic heterocycles. The number of nitrogens with zero attached hydrogens (tertiary/aromatic N) is 2. The van der Waals surface area contributed by atoms with Crippen molar-refractivity contribution in [3.63, 3.8) is 0 Å². The van der Waals surface area contributed by atoms with E-state index in [0.717, 1.165) is 54.1 Å². The normalized spacial score (nSPS) is 10.9. The number of hydrogen-bond acceptors (Lipinski definition) is 3. The summed E-state index contributed by atoms with van der Waals surface area (Å²) < 4.78 is 1.16. The maximum absolute atomic E-state index is 6.46. The Bertz CT molecular complexity index is 1550. The van der Waals surface area contributed by atoms with E-state index in [2.05, 4.69) is 54.6 Å². The minimum atomic E-state index is 0. The Hall–Kier alpha value is -3.24. The Balaban J connectivity index is 0.00000228. The van der Waals surface area contributed by atoms with E-state index in [1.165, 1.54) is 0 Å². The number of pyridine rings is 1. The van der Waals surface area contributed by atoms with Crippen LogP contribution in [0.4, 0.5) is 0 Å². The Morgan fingerprint density at radius 3 is 2.00 bits per heavy atom. The second kappa shape index (κ2) is 8.95. The first-order valence-electron chi connectivity index (χ1n) is 10.4. The van der Waals surface area contributed by atoms with E-state index in [9.17, 15) is 0 Å². The summed E-state index contributed by atoms with van der Waals surface area (Å²) in [5, 5.41) is 2.68. The molecular formula is C28H18Cl2N2S. The maximum atomic E-state index is 6.46. The van der Waals surface area contributed by atoms with Crippen molar-refractivity contribution in [2.75, 3.05) is 0 Å². The van der Waals surface area contributed by atoms with E-state index in [1.807, 2.05) is 48.5 Å². The van der Waals surface area contributed by atoms with Crippen LogP contribution in [0.1, 0.15) is 0 Å². The van der Waals surface area contributed by atoms with Gasteiger partial charge in [-0.15, -0.1) is 23.7 Å². The number of halogens is 2. The van der Waals surface area contributed by atoms with Crippen molar-refractivity contribution in [2.24, 2.45) is 0 Å². The number of hydrogen-bond donors (Lipinski definition) is 0. The van der Waals surface area contributed by atoms with Gasteiger partial charge < -0.3 is 0 Å². The summed E-state index contributed by atoms with van der Waals surface area (Å²) in [4.78, 5) is 10.2. The van der Waals surface area contributed by atoms with Crippen molar-refractivity contribution in [1.82, 2.24) is 9.97 Å². The fourth-order valence-corrected chi connectivity index (χ4v) is 5.32. The van der Waals surface area contributed by atoms with E-state index in [1.54, 1.807) is 11.3 Å². The predicted molar refractivity (Wildman–Crippen MR) is 143 cm³/mol. The Morgan fingerprint density at radius 1 is 0.606 bits per heavy atom. The molecule has 0 atom stereocenters. The van der Waals surface area contributed by atoms with Crippen LogP contribution in [0.3, 0.4) is 0 Å². The maximum Gasteiger partial charge on any atom is 0.127 e. The van der Waals surface area contributed by atoms with Gasteiger partial charge in [0, 0.05) is 27.1 Å². The number of rotatable bonds is 3. The van der Waals surface area contributed by atoms with E-state index in [-0.39, 0.29) is 12.4 Å². The molecule has 4 aromatic carbocycles. The molecule has 6 aromatic rings. The van der Waals surface area contributed by atoms with Gasteiger partial charge in [-0.2, -0.15) is 0 Å². The number of para-hydroxylation sites is 1. The molecule has 0 radical (unpaired) electrons. The highest BCUT2D eigenvalue weighted by Gasteiger charge is 2.22. The van der Waals surface area contributed by atoms with Crippen LogP contribution in [-0.4, -0.2) is 9.97 Å². The molecule has 0 unspecified atom stereocenters. The summed E-state index contributed by atoms with van der Waals surface area (Å²) in [6.07, 6.45) is 0. The molecular weight excluding hydrogens is 467 g/mol. The third kappa shape index (κ3) is 3.89. The smallest absolute Gasteiger partial charge is 0.127 e. The molecule has 0 amide bonds. The van der Waals surface area contributed by atoms with Gasteiger partial charge in [-0.05, 0) is 35.9 Å². The lowest BCUT2D eigenvalue weighted by molar-refractivity contribution is 1.38. The van der Waals surface area contributed by atoms with Crippen molar-refractivity contribution >= 4 is 56.5 Å². The van der Waals surface area contributed by atoms with Crippen LogP contribution in [0.15, 0.2) is 103 Å². The summed E-state index contributed by atoms with van der Waals surface area (Å²) in [7, 11) is 0. The summed E-state index contributed by atoms with van der Waals surface area (Å²) in [5.41, 5.74) is 7.17. The monoisotopic (exact) mass is 484 g/mol. The minimum Gasteiger partial charge on any atom is -0.247 e. The second-order valence-corrected chi connectivity index (χ2v) is 9.06. The first-order chi connectivity index (χ1) is 15.8. The van der Waals surface area contributed by atoms with Crippen LogP contribution in [-0.2, 0) is 0 Å². The third-order valence-electron chi connectivity index (χ3n) is 5.56. The Labute approximate surface area is 207 Å². The van der Waals surface area contributed by atoms with Crippen molar-refractivity contribution in [3.05, 3.63) is 108 Å². The number of aromatic nitrogens is 2. The average Bonchev–Trinajstić information content (AvgIpc) is 3.28. The van der Waals surface area contributed by atoms with Gasteiger partial charge in [0.2, 0.25) is 0 Å². The van der Waals surface area contributed by atoms with Gasteiger partial charge in [0.15, 0.2) is 0 Å². The zero-order valence-electron chi connectivity index (χ0n) is 17.4. The Kier molecular flexibility index (Phi) is 5.86. The second-order valence-electron chi connectivity index (χ2n) is 7.59. The van der Waals surface area contributed by atoms with Crippen molar-refractivity contribution in [2.45, 2.75) is 0 Å². The molecule has 0 spiro atoms. The lowest BCUT2D eigenvalue weighted by Crippen LogP contribution is -1.96. The topological polar surface area (TPSA) is 25.8 Å². The summed E-state index contributed by atoms with van der Waals surface area (Å²) in [6, 6.07) is 35.0. The number of benzene rings is 4. The average molecular weight is 485 g/mol. The fourth-order valence-electron chi connectivity index (χ4n) is 4.13. The van der Waals surface area contributed by atoms with E-state index in [0.29, 0.717) is 5.02 Å². The van der Waals surface area contributed by atoms with Gasteiger partial charge in [0.25, 0.3) is 0 Å². The highest BCUT2D eigenvalue weighted by molar-refractivity contribution is 7.21. The molecule has 0 saturated carbocycles. The fraction of sp³-hybridized carbons (Fsp3) is 0. The van der Waals surface area contributed by atoms with Crippen LogP contribution in [0, 0.1) is 0 Å². The van der Waals surface area contributed by atoms with Crippen LogP contribution in [0.5, 0.6) is 0 Å². The van der Waals surface area contributed by atoms with Gasteiger partial charge >= 0.3 is 0 Å². The molecule has 5 heteroatoms. The number of thiazole rings is 1. The molecule has 33 heavy (non-hydrogen) atoms. The molecule has 2 aromatic heterocycles. The van der Waals surface area contributed by atoms with Gasteiger partial charge in [-0.25, -0.2) is 9.97 Å². The van der Waals surface area contributed by atoms with E-state index >= 15 is 0 Å².